The zero-order valence-corrected chi connectivity index (χ0v) is 12.9. The van der Waals surface area contributed by atoms with Crippen LogP contribution < -0.4 is 5.32 Å². The van der Waals surface area contributed by atoms with Crippen LogP contribution in [0.3, 0.4) is 0 Å². The average molecular weight is 309 g/mol. The molecule has 1 amide bonds. The van der Waals surface area contributed by atoms with Gasteiger partial charge in [0, 0.05) is 5.56 Å². The van der Waals surface area contributed by atoms with Crippen molar-refractivity contribution < 1.29 is 29.0 Å². The maximum Gasteiger partial charge on any atom is 0.412 e. The minimum Gasteiger partial charge on any atom is -0.506 e. The zero-order valence-electron chi connectivity index (χ0n) is 12.9. The molecular weight excluding hydrogens is 290 g/mol. The highest BCUT2D eigenvalue weighted by Crippen LogP contribution is 2.25. The number of methoxy groups -OCH3 is 1. The summed E-state index contributed by atoms with van der Waals surface area (Å²) < 4.78 is 9.45. The van der Waals surface area contributed by atoms with Crippen molar-refractivity contribution >= 4 is 23.5 Å². The van der Waals surface area contributed by atoms with Crippen LogP contribution in [0.1, 0.15) is 37.6 Å². The number of anilines is 1. The minimum absolute atomic E-state index is 0.101. The van der Waals surface area contributed by atoms with Crippen molar-refractivity contribution in [1.82, 2.24) is 0 Å². The number of phenolic OH excluding ortho intramolecular Hbond substituents is 1. The standard InChI is InChI=1S/C15H19NO6/c1-15(2,3)22-14(20)16-10-6-5-9(7-12(10)18)11(17)8-13(19)21-4/h5-7,18H,8H2,1-4H3,(H,16,20). The molecule has 0 heterocycles. The van der Waals surface area contributed by atoms with Gasteiger partial charge in [-0.2, -0.15) is 0 Å². The highest BCUT2D eigenvalue weighted by atomic mass is 16.6. The van der Waals surface area contributed by atoms with Crippen molar-refractivity contribution in [3.8, 4) is 5.75 Å². The Labute approximate surface area is 128 Å². The monoisotopic (exact) mass is 309 g/mol. The Hall–Kier alpha value is -2.57. The van der Waals surface area contributed by atoms with Gasteiger partial charge in [-0.3, -0.25) is 14.9 Å². The van der Waals surface area contributed by atoms with Gasteiger partial charge in [-0.1, -0.05) is 0 Å². The second-order valence-corrected chi connectivity index (χ2v) is 5.53. The predicted molar refractivity (Wildman–Crippen MR) is 78.9 cm³/mol. The predicted octanol–water partition coefficient (Wildman–Crippen LogP) is 2.49. The molecule has 7 nitrogen and oxygen atoms in total. The number of carbonyl (C=O) groups excluding carboxylic acids is 3. The van der Waals surface area contributed by atoms with Crippen molar-refractivity contribution in [1.29, 1.82) is 0 Å². The number of amides is 1. The highest BCUT2D eigenvalue weighted by Gasteiger charge is 2.18. The molecule has 0 spiro atoms. The third-order valence-electron chi connectivity index (χ3n) is 2.49. The van der Waals surface area contributed by atoms with Crippen molar-refractivity contribution in [2.45, 2.75) is 32.8 Å². The van der Waals surface area contributed by atoms with Crippen molar-refractivity contribution in [2.75, 3.05) is 12.4 Å². The lowest BCUT2D eigenvalue weighted by Gasteiger charge is -2.20. The Morgan fingerprint density at radius 3 is 2.36 bits per heavy atom. The number of Topliss-reactive ketones (excluding diaryl/α,β-unsaturated/α-hetero) is 1. The van der Waals surface area contributed by atoms with Gasteiger partial charge in [-0.25, -0.2) is 4.79 Å². The highest BCUT2D eigenvalue weighted by molar-refractivity contribution is 6.06. The number of esters is 1. The fourth-order valence-corrected chi connectivity index (χ4v) is 1.53. The summed E-state index contributed by atoms with van der Waals surface area (Å²) in [5.74, 6) is -1.46. The van der Waals surface area contributed by atoms with Crippen LogP contribution in [0.15, 0.2) is 18.2 Å². The number of carbonyl (C=O) groups is 3. The number of hydrogen-bond acceptors (Lipinski definition) is 6. The molecule has 0 aliphatic heterocycles. The lowest BCUT2D eigenvalue weighted by molar-refractivity contribution is -0.139. The molecular formula is C15H19NO6. The summed E-state index contributed by atoms with van der Waals surface area (Å²) in [6.07, 6.45) is -1.15. The van der Waals surface area contributed by atoms with Crippen LogP contribution in [0.4, 0.5) is 10.5 Å². The van der Waals surface area contributed by atoms with E-state index < -0.39 is 29.9 Å². The number of hydrogen-bond donors (Lipinski definition) is 2. The second-order valence-electron chi connectivity index (χ2n) is 5.53. The maximum atomic E-state index is 11.8. The number of aromatic hydroxyl groups is 1. The molecule has 22 heavy (non-hydrogen) atoms. The van der Waals surface area contributed by atoms with E-state index >= 15 is 0 Å². The maximum absolute atomic E-state index is 11.8. The van der Waals surface area contributed by atoms with E-state index in [1.807, 2.05) is 0 Å². The van der Waals surface area contributed by atoms with Gasteiger partial charge in [0.25, 0.3) is 0 Å². The van der Waals surface area contributed by atoms with Crippen LogP contribution in [-0.4, -0.2) is 35.7 Å². The van der Waals surface area contributed by atoms with Gasteiger partial charge < -0.3 is 14.6 Å². The summed E-state index contributed by atoms with van der Waals surface area (Å²) in [4.78, 5) is 34.4. The Balaban J connectivity index is 2.80. The van der Waals surface area contributed by atoms with Gasteiger partial charge in [0.1, 0.15) is 17.8 Å². The molecule has 0 bridgehead atoms. The largest absolute Gasteiger partial charge is 0.506 e. The molecule has 0 aliphatic carbocycles. The van der Waals surface area contributed by atoms with Crippen LogP contribution in [0, 0.1) is 0 Å². The lowest BCUT2D eigenvalue weighted by Crippen LogP contribution is -2.27. The van der Waals surface area contributed by atoms with Crippen molar-refractivity contribution in [3.05, 3.63) is 23.8 Å². The Morgan fingerprint density at radius 2 is 1.86 bits per heavy atom. The van der Waals surface area contributed by atoms with Crippen LogP contribution >= 0.6 is 0 Å². The van der Waals surface area contributed by atoms with Gasteiger partial charge in [-0.05, 0) is 39.0 Å². The molecule has 0 aliphatic rings. The number of nitrogens with one attached hydrogen (secondary N) is 1. The van der Waals surface area contributed by atoms with Crippen LogP contribution in [0.5, 0.6) is 5.75 Å². The van der Waals surface area contributed by atoms with Crippen molar-refractivity contribution in [3.63, 3.8) is 0 Å². The molecule has 1 rings (SSSR count). The molecule has 1 aromatic rings. The summed E-state index contributed by atoms with van der Waals surface area (Å²) in [6, 6.07) is 3.90. The number of benzene rings is 1. The Morgan fingerprint density at radius 1 is 1.23 bits per heavy atom. The Kier molecular flexibility index (Phi) is 5.50. The topological polar surface area (TPSA) is 102 Å². The van der Waals surface area contributed by atoms with Gasteiger partial charge in [-0.15, -0.1) is 0 Å². The molecule has 0 atom stereocenters. The third kappa shape index (κ3) is 5.43. The minimum atomic E-state index is -0.726. The smallest absolute Gasteiger partial charge is 0.412 e. The summed E-state index contributed by atoms with van der Waals surface area (Å²) >= 11 is 0. The first-order valence-electron chi connectivity index (χ1n) is 6.55. The molecule has 0 radical (unpaired) electrons. The van der Waals surface area contributed by atoms with Gasteiger partial charge in [0.15, 0.2) is 5.78 Å². The first-order valence-corrected chi connectivity index (χ1v) is 6.55. The van der Waals surface area contributed by atoms with E-state index in [4.69, 9.17) is 4.74 Å². The fraction of sp³-hybridized carbons (Fsp3) is 0.400. The van der Waals surface area contributed by atoms with E-state index in [9.17, 15) is 19.5 Å². The van der Waals surface area contributed by atoms with E-state index in [1.165, 1.54) is 19.2 Å². The summed E-state index contributed by atoms with van der Waals surface area (Å²) in [7, 11) is 1.18. The van der Waals surface area contributed by atoms with Crippen LogP contribution in [0.2, 0.25) is 0 Å². The van der Waals surface area contributed by atoms with Crippen LogP contribution in [-0.2, 0) is 14.3 Å². The molecule has 0 fully saturated rings. The van der Waals surface area contributed by atoms with Gasteiger partial charge >= 0.3 is 12.1 Å². The van der Waals surface area contributed by atoms with Gasteiger partial charge in [0.2, 0.25) is 0 Å². The first kappa shape index (κ1) is 17.5. The molecule has 7 heteroatoms. The van der Waals surface area contributed by atoms with E-state index in [0.717, 1.165) is 6.07 Å². The van der Waals surface area contributed by atoms with Crippen LogP contribution in [0.25, 0.3) is 0 Å². The normalized spacial score (nSPS) is 10.7. The molecule has 0 aromatic heterocycles. The summed E-state index contributed by atoms with van der Waals surface area (Å²) in [6.45, 7) is 5.13. The van der Waals surface area contributed by atoms with E-state index in [2.05, 4.69) is 10.1 Å². The quantitative estimate of drug-likeness (QED) is 0.383. The van der Waals surface area contributed by atoms with E-state index in [-0.39, 0.29) is 17.0 Å². The summed E-state index contributed by atoms with van der Waals surface area (Å²) in [5.41, 5.74) is -0.433. The van der Waals surface area contributed by atoms with E-state index in [0.29, 0.717) is 0 Å². The third-order valence-corrected chi connectivity index (χ3v) is 2.49. The zero-order chi connectivity index (χ0) is 16.9. The molecule has 0 saturated heterocycles. The number of phenols is 1. The number of rotatable bonds is 4. The number of ketones is 1. The molecule has 0 unspecified atom stereocenters. The first-order chi connectivity index (χ1) is 10.1. The van der Waals surface area contributed by atoms with Crippen molar-refractivity contribution in [2.24, 2.45) is 0 Å². The second kappa shape index (κ2) is 6.93. The van der Waals surface area contributed by atoms with E-state index in [1.54, 1.807) is 20.8 Å². The average Bonchev–Trinajstić information content (AvgIpc) is 2.38. The molecule has 1 aromatic carbocycles. The molecule has 120 valence electrons. The molecule has 2 N–H and O–H groups in total. The SMILES string of the molecule is COC(=O)CC(=O)c1ccc(NC(=O)OC(C)(C)C)c(O)c1. The number of ether oxygens (including phenoxy) is 2. The lowest BCUT2D eigenvalue weighted by atomic mass is 10.1. The summed E-state index contributed by atoms with van der Waals surface area (Å²) in [5, 5.41) is 12.2. The fourth-order valence-electron chi connectivity index (χ4n) is 1.53. The Bertz CT molecular complexity index is 588. The molecule has 0 saturated carbocycles. The van der Waals surface area contributed by atoms with Gasteiger partial charge in [0.05, 0.1) is 12.8 Å².